The summed E-state index contributed by atoms with van der Waals surface area (Å²) >= 11 is 0. The van der Waals surface area contributed by atoms with Gasteiger partial charge >= 0.3 is 5.97 Å². The molecule has 5 heteroatoms. The zero-order valence-electron chi connectivity index (χ0n) is 6.41. The second kappa shape index (κ2) is 2.62. The molecule has 1 N–H and O–H groups in total. The summed E-state index contributed by atoms with van der Waals surface area (Å²) in [5.74, 6) is -1.80. The van der Waals surface area contributed by atoms with E-state index in [1.807, 2.05) is 0 Å². The molecule has 0 aliphatic carbocycles. The Bertz CT molecular complexity index is 375. The number of ether oxygens (including phenoxy) is 2. The molecule has 0 bridgehead atoms. The molecule has 13 heavy (non-hydrogen) atoms. The van der Waals surface area contributed by atoms with Gasteiger partial charge in [0.05, 0.1) is 5.56 Å². The van der Waals surface area contributed by atoms with Crippen molar-refractivity contribution in [3.8, 4) is 11.5 Å². The first kappa shape index (κ1) is 7.85. The fourth-order valence-electron chi connectivity index (χ4n) is 1.09. The number of halogens is 1. The number of benzene rings is 1. The van der Waals surface area contributed by atoms with Crippen molar-refractivity contribution >= 4 is 5.97 Å². The highest BCUT2D eigenvalue weighted by atomic mass is 19.1. The van der Waals surface area contributed by atoms with Gasteiger partial charge < -0.3 is 14.6 Å². The zero-order valence-corrected chi connectivity index (χ0v) is 6.41. The number of rotatable bonds is 1. The van der Waals surface area contributed by atoms with E-state index in [-0.39, 0.29) is 23.9 Å². The van der Waals surface area contributed by atoms with E-state index in [9.17, 15) is 9.18 Å². The van der Waals surface area contributed by atoms with Gasteiger partial charge in [-0.05, 0) is 12.1 Å². The van der Waals surface area contributed by atoms with Crippen LogP contribution in [0.5, 0.6) is 11.5 Å². The highest BCUT2D eigenvalue weighted by Crippen LogP contribution is 2.35. The monoisotopic (exact) mass is 184 g/mol. The van der Waals surface area contributed by atoms with Crippen molar-refractivity contribution in [2.24, 2.45) is 0 Å². The Labute approximate surface area is 72.5 Å². The first-order valence-corrected chi connectivity index (χ1v) is 3.51. The van der Waals surface area contributed by atoms with Gasteiger partial charge in [-0.3, -0.25) is 0 Å². The molecule has 0 spiro atoms. The van der Waals surface area contributed by atoms with Crippen molar-refractivity contribution < 1.29 is 23.8 Å². The topological polar surface area (TPSA) is 55.8 Å². The molecule has 0 aromatic heterocycles. The van der Waals surface area contributed by atoms with Gasteiger partial charge in [0.1, 0.15) is 0 Å². The Morgan fingerprint density at radius 3 is 2.92 bits per heavy atom. The molecule has 0 saturated carbocycles. The van der Waals surface area contributed by atoms with Crippen LogP contribution in [0.1, 0.15) is 10.4 Å². The second-order valence-corrected chi connectivity index (χ2v) is 2.50. The van der Waals surface area contributed by atoms with E-state index >= 15 is 0 Å². The highest BCUT2D eigenvalue weighted by Gasteiger charge is 2.21. The molecule has 0 atom stereocenters. The van der Waals surface area contributed by atoms with Crippen LogP contribution in [0.2, 0.25) is 0 Å². The number of hydrogen-bond acceptors (Lipinski definition) is 3. The van der Waals surface area contributed by atoms with Crippen molar-refractivity contribution in [1.29, 1.82) is 0 Å². The third-order valence-corrected chi connectivity index (χ3v) is 1.67. The van der Waals surface area contributed by atoms with Crippen LogP contribution in [-0.4, -0.2) is 17.9 Å². The van der Waals surface area contributed by atoms with Gasteiger partial charge in [0, 0.05) is 0 Å². The molecule has 1 aromatic rings. The van der Waals surface area contributed by atoms with Crippen molar-refractivity contribution in [3.63, 3.8) is 0 Å². The maximum atomic E-state index is 13.0. The Hall–Kier alpha value is -1.78. The third-order valence-electron chi connectivity index (χ3n) is 1.67. The molecule has 1 aliphatic heterocycles. The number of hydrogen-bond donors (Lipinski definition) is 1. The molecule has 4 nitrogen and oxygen atoms in total. The summed E-state index contributed by atoms with van der Waals surface area (Å²) in [5, 5.41) is 8.58. The normalized spacial score (nSPS) is 13.0. The van der Waals surface area contributed by atoms with Crippen LogP contribution in [0, 0.1) is 5.82 Å². The molecule has 68 valence electrons. The van der Waals surface area contributed by atoms with Crippen molar-refractivity contribution in [2.75, 3.05) is 6.79 Å². The van der Waals surface area contributed by atoms with E-state index in [2.05, 4.69) is 0 Å². The predicted octanol–water partition coefficient (Wildman–Crippen LogP) is 1.25. The lowest BCUT2D eigenvalue weighted by Gasteiger charge is -1.99. The van der Waals surface area contributed by atoms with Crippen LogP contribution in [-0.2, 0) is 0 Å². The van der Waals surface area contributed by atoms with Crippen LogP contribution in [0.4, 0.5) is 4.39 Å². The van der Waals surface area contributed by atoms with Crippen LogP contribution in [0.3, 0.4) is 0 Å². The SMILES string of the molecule is O=C(O)c1cc(F)c2c(c1)OCO2. The van der Waals surface area contributed by atoms with E-state index in [1.165, 1.54) is 6.07 Å². The first-order valence-electron chi connectivity index (χ1n) is 3.51. The van der Waals surface area contributed by atoms with E-state index in [0.29, 0.717) is 0 Å². The quantitative estimate of drug-likeness (QED) is 0.713. The largest absolute Gasteiger partial charge is 0.478 e. The van der Waals surface area contributed by atoms with Crippen molar-refractivity contribution in [3.05, 3.63) is 23.5 Å². The lowest BCUT2D eigenvalue weighted by atomic mass is 10.2. The average Bonchev–Trinajstić information content (AvgIpc) is 2.51. The number of aromatic carboxylic acids is 1. The fraction of sp³-hybridized carbons (Fsp3) is 0.125. The van der Waals surface area contributed by atoms with Crippen LogP contribution in [0.25, 0.3) is 0 Å². The number of fused-ring (bicyclic) bond motifs is 1. The Balaban J connectivity index is 2.55. The van der Waals surface area contributed by atoms with Gasteiger partial charge in [-0.1, -0.05) is 0 Å². The van der Waals surface area contributed by atoms with E-state index in [0.717, 1.165) is 6.07 Å². The minimum atomic E-state index is -1.20. The van der Waals surface area contributed by atoms with Crippen molar-refractivity contribution in [2.45, 2.75) is 0 Å². The maximum Gasteiger partial charge on any atom is 0.335 e. The van der Waals surface area contributed by atoms with Gasteiger partial charge in [0.2, 0.25) is 12.5 Å². The summed E-state index contributed by atoms with van der Waals surface area (Å²) in [6.45, 7) is -0.0741. The Morgan fingerprint density at radius 1 is 1.46 bits per heavy atom. The van der Waals surface area contributed by atoms with Crippen LogP contribution >= 0.6 is 0 Å². The minimum absolute atomic E-state index is 0.0231. The smallest absolute Gasteiger partial charge is 0.335 e. The van der Waals surface area contributed by atoms with Gasteiger partial charge in [-0.25, -0.2) is 9.18 Å². The molecule has 0 unspecified atom stereocenters. The summed E-state index contributed by atoms with van der Waals surface area (Å²) in [4.78, 5) is 10.5. The molecule has 1 heterocycles. The van der Waals surface area contributed by atoms with E-state index in [4.69, 9.17) is 14.6 Å². The number of carboxylic acid groups (broad SMARTS) is 1. The minimum Gasteiger partial charge on any atom is -0.478 e. The average molecular weight is 184 g/mol. The maximum absolute atomic E-state index is 13.0. The first-order chi connectivity index (χ1) is 6.18. The highest BCUT2D eigenvalue weighted by molar-refractivity contribution is 5.88. The molecular weight excluding hydrogens is 179 g/mol. The van der Waals surface area contributed by atoms with Crippen LogP contribution < -0.4 is 9.47 Å². The molecule has 0 radical (unpaired) electrons. The van der Waals surface area contributed by atoms with Gasteiger partial charge in [0.25, 0.3) is 0 Å². The summed E-state index contributed by atoms with van der Waals surface area (Å²) < 4.78 is 22.7. The molecular formula is C8H5FO4. The molecule has 2 rings (SSSR count). The lowest BCUT2D eigenvalue weighted by Crippen LogP contribution is -1.97. The van der Waals surface area contributed by atoms with Gasteiger partial charge in [-0.15, -0.1) is 0 Å². The second-order valence-electron chi connectivity index (χ2n) is 2.50. The predicted molar refractivity (Wildman–Crippen MR) is 39.5 cm³/mol. The molecule has 0 fully saturated rings. The molecule has 0 amide bonds. The number of carbonyl (C=O) groups is 1. The summed E-state index contributed by atoms with van der Waals surface area (Å²) in [6, 6.07) is 2.13. The third kappa shape index (κ3) is 1.18. The van der Waals surface area contributed by atoms with Gasteiger partial charge in [0.15, 0.2) is 11.6 Å². The fourth-order valence-corrected chi connectivity index (χ4v) is 1.09. The van der Waals surface area contributed by atoms with E-state index < -0.39 is 11.8 Å². The number of carboxylic acids is 1. The molecule has 1 aromatic carbocycles. The van der Waals surface area contributed by atoms with Crippen LogP contribution in [0.15, 0.2) is 12.1 Å². The summed E-state index contributed by atoms with van der Waals surface area (Å²) in [5.41, 5.74) is -0.151. The summed E-state index contributed by atoms with van der Waals surface area (Å²) in [7, 11) is 0. The standard InChI is InChI=1S/C8H5FO4/c9-5-1-4(8(10)11)2-6-7(5)13-3-12-6/h1-2H,3H2,(H,10,11). The molecule has 1 aliphatic rings. The zero-order chi connectivity index (χ0) is 9.42. The van der Waals surface area contributed by atoms with Gasteiger partial charge in [-0.2, -0.15) is 0 Å². The lowest BCUT2D eigenvalue weighted by molar-refractivity contribution is 0.0696. The van der Waals surface area contributed by atoms with E-state index in [1.54, 1.807) is 0 Å². The molecule has 0 saturated heterocycles. The van der Waals surface area contributed by atoms with Crippen molar-refractivity contribution in [1.82, 2.24) is 0 Å². The summed E-state index contributed by atoms with van der Waals surface area (Å²) in [6.07, 6.45) is 0. The Morgan fingerprint density at radius 2 is 2.23 bits per heavy atom. The Kier molecular flexibility index (Phi) is 1.58.